The Morgan fingerprint density at radius 3 is 1.50 bits per heavy atom. The molecular formula is C36H50N6O8. The molecule has 14 heteroatoms. The quantitative estimate of drug-likeness (QED) is 0.162. The number of benzene rings is 2. The number of fused-ring (bicyclic) bond motifs is 2. The van der Waals surface area contributed by atoms with Gasteiger partial charge in [-0.05, 0) is 24.3 Å². The third-order valence-corrected chi connectivity index (χ3v) is 9.66. The Morgan fingerprint density at radius 1 is 0.720 bits per heavy atom. The van der Waals surface area contributed by atoms with Gasteiger partial charge in [-0.2, -0.15) is 0 Å². The standard InChI is InChI=1S/C36H50N6O8/c1-41(45)25-29-7-3-5-9-31(29)47-35(27-41,13-19-39-21-15-37-16-22-39)49-33(43)11-12-34(44)50-36(14-20-40-23-17-38-18-24-40)28-42(2,46)26-30-8-4-6-10-32(30)48-36/h3-12,37-38H,13-28H2,1-2H3/b12-11+. The van der Waals surface area contributed by atoms with E-state index in [0.717, 1.165) is 75.6 Å². The predicted octanol–water partition coefficient (Wildman–Crippen LogP) is 1.69. The number of hydrogen-bond acceptors (Lipinski definition) is 12. The highest BCUT2D eigenvalue weighted by molar-refractivity contribution is 5.92. The van der Waals surface area contributed by atoms with Gasteiger partial charge in [0.1, 0.15) is 24.6 Å². The molecule has 14 nitrogen and oxygen atoms in total. The Balaban J connectivity index is 1.21. The van der Waals surface area contributed by atoms with Crippen molar-refractivity contribution < 1.29 is 37.8 Å². The predicted molar refractivity (Wildman–Crippen MR) is 185 cm³/mol. The summed E-state index contributed by atoms with van der Waals surface area (Å²) in [6.07, 6.45) is 2.49. The number of carbonyl (C=O) groups is 2. The Hall–Kier alpha value is -3.60. The fraction of sp³-hybridized carbons (Fsp3) is 0.556. The molecule has 2 aromatic carbocycles. The first kappa shape index (κ1) is 36.2. The molecule has 0 aromatic heterocycles. The molecule has 0 amide bonds. The smallest absolute Gasteiger partial charge is 0.334 e. The second kappa shape index (κ2) is 15.3. The molecule has 2 N–H and O–H groups in total. The Morgan fingerprint density at radius 2 is 1.10 bits per heavy atom. The fourth-order valence-electron chi connectivity index (χ4n) is 7.35. The lowest BCUT2D eigenvalue weighted by atomic mass is 10.1. The summed E-state index contributed by atoms with van der Waals surface area (Å²) in [5, 5.41) is 34.1. The van der Waals surface area contributed by atoms with Crippen molar-refractivity contribution in [1.29, 1.82) is 0 Å². The van der Waals surface area contributed by atoms with Crippen LogP contribution in [0.25, 0.3) is 0 Å². The largest absolute Gasteiger partial charge is 0.633 e. The first-order valence-corrected chi connectivity index (χ1v) is 17.6. The van der Waals surface area contributed by atoms with Crippen LogP contribution < -0.4 is 20.1 Å². The highest BCUT2D eigenvalue weighted by atomic mass is 16.7. The molecule has 4 aliphatic heterocycles. The molecule has 4 unspecified atom stereocenters. The number of hydrogen-bond donors (Lipinski definition) is 2. The summed E-state index contributed by atoms with van der Waals surface area (Å²) in [7, 11) is 3.08. The van der Waals surface area contributed by atoms with Crippen molar-refractivity contribution in [2.75, 3.05) is 92.6 Å². The number of ether oxygens (including phenoxy) is 4. The molecule has 272 valence electrons. The lowest BCUT2D eigenvalue weighted by molar-refractivity contribution is -0.882. The van der Waals surface area contributed by atoms with Gasteiger partial charge in [0.25, 0.3) is 0 Å². The van der Waals surface area contributed by atoms with Crippen molar-refractivity contribution in [3.63, 3.8) is 0 Å². The molecule has 2 fully saturated rings. The lowest BCUT2D eigenvalue weighted by Crippen LogP contribution is -2.56. The van der Waals surface area contributed by atoms with Gasteiger partial charge in [-0.15, -0.1) is 0 Å². The highest BCUT2D eigenvalue weighted by Crippen LogP contribution is 2.36. The number of piperazine rings is 2. The number of nitrogens with one attached hydrogen (secondary N) is 2. The SMILES string of the molecule is C[N+]1([O-])Cc2ccccc2OC(CCN2CCNCC2)(OC(=O)/C=C/C(=O)OC2(CCN3CCNCC3)C[N+](C)([O-])Cc3ccccc3O2)C1. The Kier molecular flexibility index (Phi) is 11.1. The number of esters is 2. The van der Waals surface area contributed by atoms with Crippen LogP contribution in [0.4, 0.5) is 0 Å². The van der Waals surface area contributed by atoms with Gasteiger partial charge in [-0.25, -0.2) is 9.59 Å². The maximum atomic E-state index is 13.7. The van der Waals surface area contributed by atoms with Gasteiger partial charge in [0.15, 0.2) is 13.1 Å². The van der Waals surface area contributed by atoms with Gasteiger partial charge < -0.3 is 59.1 Å². The van der Waals surface area contributed by atoms with Gasteiger partial charge in [-0.1, -0.05) is 24.3 Å². The third-order valence-electron chi connectivity index (χ3n) is 9.66. The molecule has 0 radical (unpaired) electrons. The Labute approximate surface area is 293 Å². The van der Waals surface area contributed by atoms with Crippen LogP contribution >= 0.6 is 0 Å². The van der Waals surface area contributed by atoms with Crippen LogP contribution in [-0.2, 0) is 32.2 Å². The van der Waals surface area contributed by atoms with Crippen molar-refractivity contribution in [1.82, 2.24) is 20.4 Å². The summed E-state index contributed by atoms with van der Waals surface area (Å²) in [6.45, 7) is 7.76. The topological polar surface area (TPSA) is 148 Å². The maximum absolute atomic E-state index is 13.7. The molecule has 4 aliphatic rings. The zero-order valence-electron chi connectivity index (χ0n) is 29.1. The van der Waals surface area contributed by atoms with Crippen molar-refractivity contribution in [2.24, 2.45) is 0 Å². The van der Waals surface area contributed by atoms with E-state index < -0.39 is 32.8 Å². The van der Waals surface area contributed by atoms with E-state index in [-0.39, 0.29) is 39.0 Å². The van der Waals surface area contributed by atoms with Crippen LogP contribution in [0.15, 0.2) is 60.7 Å². The van der Waals surface area contributed by atoms with Gasteiger partial charge in [0, 0.05) is 102 Å². The molecule has 0 spiro atoms. The van der Waals surface area contributed by atoms with Crippen molar-refractivity contribution in [2.45, 2.75) is 37.5 Å². The van der Waals surface area contributed by atoms with Gasteiger partial charge in [0.2, 0.25) is 0 Å². The molecule has 0 bridgehead atoms. The molecule has 50 heavy (non-hydrogen) atoms. The first-order chi connectivity index (χ1) is 23.9. The summed E-state index contributed by atoms with van der Waals surface area (Å²) in [5.74, 6) is -3.91. The van der Waals surface area contributed by atoms with Crippen LogP contribution in [0.3, 0.4) is 0 Å². The molecule has 0 saturated carbocycles. The number of hydroxylamine groups is 6. The summed E-state index contributed by atoms with van der Waals surface area (Å²) >= 11 is 0. The summed E-state index contributed by atoms with van der Waals surface area (Å²) in [5.41, 5.74) is 1.45. The van der Waals surface area contributed by atoms with Crippen molar-refractivity contribution >= 4 is 11.9 Å². The van der Waals surface area contributed by atoms with Crippen LogP contribution in [0.5, 0.6) is 11.5 Å². The number of nitrogens with zero attached hydrogens (tertiary/aromatic N) is 4. The average molecular weight is 695 g/mol. The second-order valence-corrected chi connectivity index (χ2v) is 14.3. The molecule has 2 saturated heterocycles. The zero-order valence-corrected chi connectivity index (χ0v) is 29.1. The van der Waals surface area contributed by atoms with Crippen LogP contribution in [0.1, 0.15) is 24.0 Å². The highest BCUT2D eigenvalue weighted by Gasteiger charge is 2.47. The summed E-state index contributed by atoms with van der Waals surface area (Å²) in [6, 6.07) is 14.5. The number of quaternary nitrogens is 2. The number of rotatable bonds is 10. The lowest BCUT2D eigenvalue weighted by Gasteiger charge is -2.43. The van der Waals surface area contributed by atoms with E-state index in [2.05, 4.69) is 20.4 Å². The summed E-state index contributed by atoms with van der Waals surface area (Å²) in [4.78, 5) is 31.5. The average Bonchev–Trinajstić information content (AvgIpc) is 3.27. The Bertz CT molecular complexity index is 1410. The second-order valence-electron chi connectivity index (χ2n) is 14.3. The normalized spacial score (nSPS) is 30.6. The van der Waals surface area contributed by atoms with E-state index >= 15 is 0 Å². The maximum Gasteiger partial charge on any atom is 0.334 e. The van der Waals surface area contributed by atoms with Crippen molar-refractivity contribution in [3.05, 3.63) is 82.2 Å². The van der Waals surface area contributed by atoms with E-state index in [1.165, 1.54) is 0 Å². The number of likely N-dealkylation sites (N-methyl/N-ethyl adjacent to an activating group) is 2. The van der Waals surface area contributed by atoms with E-state index in [0.29, 0.717) is 24.6 Å². The third kappa shape index (κ3) is 9.59. The zero-order chi connectivity index (χ0) is 35.2. The van der Waals surface area contributed by atoms with Crippen LogP contribution in [-0.4, -0.2) is 135 Å². The van der Waals surface area contributed by atoms with Gasteiger partial charge >= 0.3 is 23.5 Å². The molecular weight excluding hydrogens is 644 g/mol. The first-order valence-electron chi connectivity index (χ1n) is 17.6. The van der Waals surface area contributed by atoms with E-state index in [4.69, 9.17) is 18.9 Å². The van der Waals surface area contributed by atoms with Gasteiger partial charge in [0.05, 0.1) is 14.1 Å². The fourth-order valence-corrected chi connectivity index (χ4v) is 7.35. The summed E-state index contributed by atoms with van der Waals surface area (Å²) < 4.78 is 23.5. The molecule has 0 aliphatic carbocycles. The van der Waals surface area contributed by atoms with Crippen LogP contribution in [0.2, 0.25) is 0 Å². The van der Waals surface area contributed by atoms with Gasteiger partial charge in [-0.3, -0.25) is 0 Å². The minimum Gasteiger partial charge on any atom is -0.633 e. The molecule has 6 rings (SSSR count). The van der Waals surface area contributed by atoms with Crippen molar-refractivity contribution in [3.8, 4) is 11.5 Å². The van der Waals surface area contributed by atoms with E-state index in [1.807, 2.05) is 36.4 Å². The number of para-hydroxylation sites is 2. The molecule has 4 atom stereocenters. The minimum absolute atomic E-state index is 0.139. The minimum atomic E-state index is -1.58. The molecule has 2 aromatic rings. The van der Waals surface area contributed by atoms with Crippen LogP contribution in [0, 0.1) is 10.4 Å². The molecule has 4 heterocycles. The van der Waals surface area contributed by atoms with E-state index in [9.17, 15) is 20.0 Å². The monoisotopic (exact) mass is 694 g/mol. The number of carbonyl (C=O) groups excluding carboxylic acids is 2. The van der Waals surface area contributed by atoms with E-state index in [1.54, 1.807) is 26.2 Å².